The van der Waals surface area contributed by atoms with E-state index in [1.807, 2.05) is 18.5 Å². The summed E-state index contributed by atoms with van der Waals surface area (Å²) in [6.07, 6.45) is -0.967. The first-order valence-corrected chi connectivity index (χ1v) is 15.6. The number of benzene rings is 3. The summed E-state index contributed by atoms with van der Waals surface area (Å²) < 4.78 is 22.9. The molecule has 13 heteroatoms. The van der Waals surface area contributed by atoms with Gasteiger partial charge in [0.2, 0.25) is 0 Å². The highest BCUT2D eigenvalue weighted by Gasteiger charge is 2.21. The molecule has 1 unspecified atom stereocenters. The minimum absolute atomic E-state index is 0.159. The predicted octanol–water partition coefficient (Wildman–Crippen LogP) is 5.33. The molecule has 0 fully saturated rings. The SMILES string of the molecule is CCOC(=O)c1ccccc1OCCNC(=O)c1ccc2nc(C(C)c3nc4cc(OC(=O)OCC(=O)C(C)C)ccc4[nH]3)n(C)c2c1. The highest BCUT2D eigenvalue weighted by Crippen LogP contribution is 2.28. The topological polar surface area (TPSA) is 164 Å². The molecule has 48 heavy (non-hydrogen) atoms. The van der Waals surface area contributed by atoms with Crippen molar-refractivity contribution in [2.24, 2.45) is 13.0 Å². The van der Waals surface area contributed by atoms with Crippen LogP contribution in [0.2, 0.25) is 0 Å². The molecule has 3 aromatic carbocycles. The van der Waals surface area contributed by atoms with Gasteiger partial charge in [-0.2, -0.15) is 0 Å². The Morgan fingerprint density at radius 2 is 1.73 bits per heavy atom. The first-order chi connectivity index (χ1) is 23.0. The average molecular weight is 656 g/mol. The number of para-hydroxylation sites is 1. The van der Waals surface area contributed by atoms with Gasteiger partial charge in [0.1, 0.15) is 35.3 Å². The monoisotopic (exact) mass is 655 g/mol. The third-order valence-corrected chi connectivity index (χ3v) is 7.65. The van der Waals surface area contributed by atoms with E-state index in [1.165, 1.54) is 0 Å². The van der Waals surface area contributed by atoms with Crippen LogP contribution in [0.3, 0.4) is 0 Å². The molecule has 1 amide bonds. The summed E-state index contributed by atoms with van der Waals surface area (Å²) >= 11 is 0. The second kappa shape index (κ2) is 14.8. The molecular weight excluding hydrogens is 618 g/mol. The molecule has 0 spiro atoms. The van der Waals surface area contributed by atoms with Crippen LogP contribution in [-0.4, -0.2) is 69.7 Å². The Kier molecular flexibility index (Phi) is 10.4. The van der Waals surface area contributed by atoms with E-state index in [4.69, 9.17) is 28.9 Å². The number of esters is 1. The van der Waals surface area contributed by atoms with Crippen molar-refractivity contribution in [1.82, 2.24) is 24.8 Å². The van der Waals surface area contributed by atoms with Gasteiger partial charge in [-0.15, -0.1) is 0 Å². The molecule has 0 aliphatic carbocycles. The minimum atomic E-state index is -0.967. The maximum absolute atomic E-state index is 13.0. The number of hydrogen-bond acceptors (Lipinski definition) is 10. The van der Waals surface area contributed by atoms with E-state index < -0.39 is 12.1 Å². The Bertz CT molecular complexity index is 1980. The van der Waals surface area contributed by atoms with Gasteiger partial charge in [-0.05, 0) is 56.3 Å². The van der Waals surface area contributed by atoms with Gasteiger partial charge in [-0.1, -0.05) is 26.0 Å². The molecule has 0 saturated heterocycles. The number of carbonyl (C=O) groups excluding carboxylic acids is 4. The van der Waals surface area contributed by atoms with Crippen molar-refractivity contribution in [3.05, 3.63) is 83.4 Å². The predicted molar refractivity (Wildman–Crippen MR) is 176 cm³/mol. The zero-order chi connectivity index (χ0) is 34.4. The maximum atomic E-state index is 13.0. The third-order valence-electron chi connectivity index (χ3n) is 7.65. The number of ether oxygens (including phenoxy) is 4. The summed E-state index contributed by atoms with van der Waals surface area (Å²) in [6, 6.07) is 17.0. The largest absolute Gasteiger partial charge is 0.514 e. The molecule has 2 aromatic heterocycles. The van der Waals surface area contributed by atoms with Crippen LogP contribution in [0.4, 0.5) is 4.79 Å². The van der Waals surface area contributed by atoms with Crippen LogP contribution in [0.15, 0.2) is 60.7 Å². The fourth-order valence-corrected chi connectivity index (χ4v) is 4.95. The van der Waals surface area contributed by atoms with E-state index in [0.717, 1.165) is 22.4 Å². The van der Waals surface area contributed by atoms with Gasteiger partial charge in [-0.3, -0.25) is 9.59 Å². The Morgan fingerprint density at radius 1 is 0.938 bits per heavy atom. The summed E-state index contributed by atoms with van der Waals surface area (Å²) in [5.41, 5.74) is 3.58. The number of Topliss-reactive ketones (excluding diaryl/α,β-unsaturated/α-hetero) is 1. The molecule has 0 saturated carbocycles. The molecule has 0 aliphatic heterocycles. The second-order valence-corrected chi connectivity index (χ2v) is 11.3. The van der Waals surface area contributed by atoms with Gasteiger partial charge in [0, 0.05) is 24.6 Å². The molecule has 0 aliphatic rings. The number of fused-ring (bicyclic) bond motifs is 2. The van der Waals surface area contributed by atoms with Crippen LogP contribution < -0.4 is 14.8 Å². The van der Waals surface area contributed by atoms with E-state index >= 15 is 0 Å². The van der Waals surface area contributed by atoms with Gasteiger partial charge in [0.25, 0.3) is 5.91 Å². The number of H-pyrrole nitrogens is 1. The van der Waals surface area contributed by atoms with Gasteiger partial charge in [0.15, 0.2) is 12.4 Å². The second-order valence-electron chi connectivity index (χ2n) is 11.3. The summed E-state index contributed by atoms with van der Waals surface area (Å²) in [5, 5.41) is 2.85. The van der Waals surface area contributed by atoms with Gasteiger partial charge in [0.05, 0.1) is 41.1 Å². The number of aromatic amines is 1. The first kappa shape index (κ1) is 33.6. The minimum Gasteiger partial charge on any atom is -0.491 e. The van der Waals surface area contributed by atoms with Crippen molar-refractivity contribution in [3.63, 3.8) is 0 Å². The van der Waals surface area contributed by atoms with Crippen LogP contribution in [0.5, 0.6) is 11.5 Å². The Hall–Kier alpha value is -5.72. The zero-order valence-corrected chi connectivity index (χ0v) is 27.4. The molecule has 1 atom stereocenters. The van der Waals surface area contributed by atoms with Crippen molar-refractivity contribution in [2.75, 3.05) is 26.4 Å². The lowest BCUT2D eigenvalue weighted by molar-refractivity contribution is -0.125. The van der Waals surface area contributed by atoms with Gasteiger partial charge in [-0.25, -0.2) is 19.6 Å². The van der Waals surface area contributed by atoms with Crippen molar-refractivity contribution >= 4 is 45.9 Å². The number of aromatic nitrogens is 4. The van der Waals surface area contributed by atoms with Crippen LogP contribution in [0.25, 0.3) is 22.1 Å². The molecule has 0 bridgehead atoms. The number of rotatable bonds is 13. The standard InChI is InChI=1S/C35H37N5O8/c1-6-45-34(43)24-9-7-8-10-30(24)46-16-15-36-33(42)22-11-13-26-28(17-22)40(5)32(39-26)21(4)31-37-25-14-12-23(18-27(25)38-31)48-35(44)47-19-29(41)20(2)3/h7-14,17-18,20-21H,6,15-16,19H2,1-5H3,(H,36,42)(H,37,38). The zero-order valence-electron chi connectivity index (χ0n) is 27.4. The fourth-order valence-electron chi connectivity index (χ4n) is 4.95. The van der Waals surface area contributed by atoms with Crippen LogP contribution in [0, 0.1) is 5.92 Å². The van der Waals surface area contributed by atoms with E-state index in [9.17, 15) is 19.2 Å². The summed E-state index contributed by atoms with van der Waals surface area (Å²) in [6.45, 7) is 7.44. The van der Waals surface area contributed by atoms with E-state index in [1.54, 1.807) is 81.4 Å². The number of nitrogens with one attached hydrogen (secondary N) is 2. The van der Waals surface area contributed by atoms with Crippen LogP contribution in [0.1, 0.15) is 66.0 Å². The molecule has 2 heterocycles. The number of amides is 1. The lowest BCUT2D eigenvalue weighted by Crippen LogP contribution is -2.28. The molecule has 13 nitrogen and oxygen atoms in total. The van der Waals surface area contributed by atoms with Gasteiger partial charge < -0.3 is 33.8 Å². The molecule has 0 radical (unpaired) electrons. The first-order valence-electron chi connectivity index (χ1n) is 15.6. The van der Waals surface area contributed by atoms with E-state index in [0.29, 0.717) is 28.2 Å². The molecule has 5 rings (SSSR count). The van der Waals surface area contributed by atoms with Crippen molar-refractivity contribution in [1.29, 1.82) is 0 Å². The van der Waals surface area contributed by atoms with Gasteiger partial charge >= 0.3 is 12.1 Å². The maximum Gasteiger partial charge on any atom is 0.514 e. The summed E-state index contributed by atoms with van der Waals surface area (Å²) in [7, 11) is 1.88. The highest BCUT2D eigenvalue weighted by atomic mass is 16.7. The number of carbonyl (C=O) groups is 4. The lowest BCUT2D eigenvalue weighted by atomic mass is 10.1. The highest BCUT2D eigenvalue weighted by molar-refractivity contribution is 5.97. The number of nitrogens with zero attached hydrogens (tertiary/aromatic N) is 3. The average Bonchev–Trinajstić information content (AvgIpc) is 3.65. The van der Waals surface area contributed by atoms with Crippen LogP contribution in [-0.2, 0) is 21.3 Å². The summed E-state index contributed by atoms with van der Waals surface area (Å²) in [5.74, 6) is 0.550. The van der Waals surface area contributed by atoms with E-state index in [2.05, 4.69) is 10.3 Å². The normalized spacial score (nSPS) is 11.8. The Labute approximate surface area is 276 Å². The smallest absolute Gasteiger partial charge is 0.491 e. The Balaban J connectivity index is 1.22. The molecule has 5 aromatic rings. The number of ketones is 1. The number of imidazole rings is 2. The van der Waals surface area contributed by atoms with Crippen LogP contribution >= 0.6 is 0 Å². The van der Waals surface area contributed by atoms with Crippen molar-refractivity contribution in [3.8, 4) is 11.5 Å². The van der Waals surface area contributed by atoms with Crippen molar-refractivity contribution < 1.29 is 38.1 Å². The fraction of sp³-hybridized carbons (Fsp3) is 0.314. The van der Waals surface area contributed by atoms with E-state index in [-0.39, 0.29) is 55.6 Å². The summed E-state index contributed by atoms with van der Waals surface area (Å²) in [4.78, 5) is 61.7. The Morgan fingerprint density at radius 3 is 2.50 bits per heavy atom. The lowest BCUT2D eigenvalue weighted by Gasteiger charge is -2.11. The quantitative estimate of drug-likeness (QED) is 0.0963. The van der Waals surface area contributed by atoms with Crippen molar-refractivity contribution in [2.45, 2.75) is 33.6 Å². The number of aryl methyl sites for hydroxylation is 1. The number of hydrogen-bond donors (Lipinski definition) is 2. The third kappa shape index (κ3) is 7.63. The molecule has 2 N–H and O–H groups in total. The molecular formula is C35H37N5O8. The molecule has 250 valence electrons.